The van der Waals surface area contributed by atoms with Gasteiger partial charge in [-0.1, -0.05) is 138 Å². The van der Waals surface area contributed by atoms with Gasteiger partial charge < -0.3 is 66.4 Å². The zero-order valence-corrected chi connectivity index (χ0v) is 55.6. The number of amides is 7. The molecule has 7 amide bonds. The minimum atomic E-state index is -1.02. The molecule has 9 N–H and O–H groups in total. The van der Waals surface area contributed by atoms with Crippen LogP contribution in [0.5, 0.6) is 0 Å². The number of urea groups is 1. The second kappa shape index (κ2) is 35.5. The van der Waals surface area contributed by atoms with E-state index in [4.69, 9.17) is 29.4 Å². The van der Waals surface area contributed by atoms with E-state index in [2.05, 4.69) is 69.2 Å². The van der Waals surface area contributed by atoms with Gasteiger partial charge in [0.05, 0.1) is 43.5 Å². The summed E-state index contributed by atoms with van der Waals surface area (Å²) in [6, 6.07) is 19.9. The van der Waals surface area contributed by atoms with Crippen molar-refractivity contribution >= 4 is 59.0 Å². The molecule has 3 aromatic rings. The third-order valence-electron chi connectivity index (χ3n) is 17.8. The van der Waals surface area contributed by atoms with Gasteiger partial charge in [0.15, 0.2) is 11.6 Å². The zero-order chi connectivity index (χ0) is 68.1. The van der Waals surface area contributed by atoms with Crippen LogP contribution in [-0.2, 0) is 63.9 Å². The van der Waals surface area contributed by atoms with Crippen molar-refractivity contribution < 1.29 is 71.9 Å². The number of epoxide rings is 1. The Morgan fingerprint density at radius 1 is 0.798 bits per heavy atom. The standard InChI is InChI=1S/C72H97N7O15/c1-43(2)24-33-64(83)78-60-35-46(6)62(93-47(60)7)31-25-45(5)26-32-63-67(85)72(42-92-72)38-53(94-63)37-52(81)39-75-71(89)91-40-49-27-29-51(30-28-49)77-68(86)50(17-16-34-74-70(73)88)36-61(82)66(44(3)4)79-69(87)59(76-48(8)80)22-10-9-11-23-65(84)90-41-58-56-20-14-12-18-54(56)55-19-13-15-21-57(55)58/h12-15,18-21,24-30,32-33,43-44,46-47,50,53,58-60,62-63,66-67,85H,9-11,16-17,22-23,31,34-42H2,1-8H3,(H,75,89)(H,76,80)(H,77,86)(H,78,83)(H,79,87)(H3,73,74,88)/b32-26+,33-24-,45-25+/t46-,47+,50+,53+,59-,60+,62-,63+,66-,67+,72+/m0/s1. The average molecular weight is 1300 g/mol. The summed E-state index contributed by atoms with van der Waals surface area (Å²) in [6.45, 7) is 15.1. The van der Waals surface area contributed by atoms with Crippen LogP contribution in [0.2, 0.25) is 0 Å². The number of alkyl carbamates (subject to hydrolysis) is 1. The lowest BCUT2D eigenvalue weighted by atomic mass is 9.87. The highest BCUT2D eigenvalue weighted by Crippen LogP contribution is 2.45. The number of carbonyl (C=O) groups is 9. The maximum Gasteiger partial charge on any atom is 0.407 e. The molecule has 7 rings (SSSR count). The van der Waals surface area contributed by atoms with Crippen molar-refractivity contribution in [2.24, 2.45) is 29.4 Å². The summed E-state index contributed by atoms with van der Waals surface area (Å²) in [6.07, 6.45) is 9.80. The number of carbonyl (C=O) groups excluding carboxylic acids is 9. The van der Waals surface area contributed by atoms with Gasteiger partial charge in [-0.25, -0.2) is 9.59 Å². The Balaban J connectivity index is 0.827. The summed E-state index contributed by atoms with van der Waals surface area (Å²) < 4.78 is 29.4. The molecule has 0 saturated carbocycles. The summed E-state index contributed by atoms with van der Waals surface area (Å²) in [5, 5.41) is 27.7. The molecule has 22 heteroatoms. The number of ketones is 2. The van der Waals surface area contributed by atoms with E-state index in [1.54, 1.807) is 50.3 Å². The molecule has 4 aliphatic rings. The molecule has 3 aliphatic heterocycles. The third kappa shape index (κ3) is 22.3. The fourth-order valence-corrected chi connectivity index (χ4v) is 12.4. The number of aliphatic hydroxyl groups is 1. The number of nitrogens with one attached hydrogen (secondary N) is 6. The summed E-state index contributed by atoms with van der Waals surface area (Å²) in [5.74, 6) is -3.53. The van der Waals surface area contributed by atoms with Crippen molar-refractivity contribution in [2.75, 3.05) is 31.6 Å². The number of Topliss-reactive ketones (excluding diaryl/α,β-unsaturated/α-hetero) is 2. The normalized spacial score (nSPS) is 22.6. The Morgan fingerprint density at radius 2 is 1.49 bits per heavy atom. The van der Waals surface area contributed by atoms with Crippen molar-refractivity contribution in [1.82, 2.24) is 26.6 Å². The lowest BCUT2D eigenvalue weighted by Gasteiger charge is -2.39. The van der Waals surface area contributed by atoms with Gasteiger partial charge in [0.25, 0.3) is 0 Å². The molecule has 0 bridgehead atoms. The number of primary amides is 1. The largest absolute Gasteiger partial charge is 0.465 e. The van der Waals surface area contributed by atoms with Crippen molar-refractivity contribution in [3.05, 3.63) is 125 Å². The second-order valence-corrected chi connectivity index (χ2v) is 26.2. The maximum absolute atomic E-state index is 14.1. The highest BCUT2D eigenvalue weighted by Gasteiger charge is 2.58. The van der Waals surface area contributed by atoms with Gasteiger partial charge in [-0.2, -0.15) is 0 Å². The zero-order valence-electron chi connectivity index (χ0n) is 55.6. The predicted molar refractivity (Wildman–Crippen MR) is 354 cm³/mol. The minimum Gasteiger partial charge on any atom is -0.465 e. The van der Waals surface area contributed by atoms with E-state index >= 15 is 0 Å². The summed E-state index contributed by atoms with van der Waals surface area (Å²) in [4.78, 5) is 117. The topological polar surface area (TPSA) is 322 Å². The van der Waals surface area contributed by atoms with Crippen LogP contribution in [0.4, 0.5) is 15.3 Å². The number of nitrogens with two attached hydrogens (primary N) is 1. The van der Waals surface area contributed by atoms with Gasteiger partial charge in [0.1, 0.15) is 37.1 Å². The minimum absolute atomic E-state index is 0.0393. The average Bonchev–Trinajstić information content (AvgIpc) is 1.61. The molecule has 1 aliphatic carbocycles. The van der Waals surface area contributed by atoms with Gasteiger partial charge in [-0.05, 0) is 116 Å². The van der Waals surface area contributed by atoms with Crippen LogP contribution in [0.3, 0.4) is 0 Å². The summed E-state index contributed by atoms with van der Waals surface area (Å²) in [5.41, 5.74) is 10.9. The molecule has 22 nitrogen and oxygen atoms in total. The Labute approximate surface area is 552 Å². The molecule has 510 valence electrons. The number of allylic oxidation sites excluding steroid dienone is 3. The summed E-state index contributed by atoms with van der Waals surface area (Å²) >= 11 is 0. The fourth-order valence-electron chi connectivity index (χ4n) is 12.4. The molecule has 0 unspecified atom stereocenters. The van der Waals surface area contributed by atoms with Crippen molar-refractivity contribution in [2.45, 2.75) is 199 Å². The van der Waals surface area contributed by atoms with Gasteiger partial charge >= 0.3 is 18.1 Å². The van der Waals surface area contributed by atoms with Crippen molar-refractivity contribution in [1.29, 1.82) is 0 Å². The van der Waals surface area contributed by atoms with Gasteiger partial charge in [0.2, 0.25) is 23.6 Å². The first-order valence-electron chi connectivity index (χ1n) is 33.1. The van der Waals surface area contributed by atoms with Crippen LogP contribution in [0.25, 0.3) is 11.1 Å². The molecular weight excluding hydrogens is 1200 g/mol. The van der Waals surface area contributed by atoms with Crippen LogP contribution in [-0.4, -0.2) is 139 Å². The van der Waals surface area contributed by atoms with E-state index in [-0.39, 0.29) is 112 Å². The number of ether oxygens (including phenoxy) is 5. The predicted octanol–water partition coefficient (Wildman–Crippen LogP) is 8.48. The smallest absolute Gasteiger partial charge is 0.407 e. The number of unbranched alkanes of at least 4 members (excludes halogenated alkanes) is 2. The van der Waals surface area contributed by atoms with Crippen LogP contribution in [0.1, 0.15) is 155 Å². The van der Waals surface area contributed by atoms with E-state index in [1.165, 1.54) is 6.92 Å². The highest BCUT2D eigenvalue weighted by atomic mass is 16.6. The first-order valence-corrected chi connectivity index (χ1v) is 33.1. The first-order chi connectivity index (χ1) is 44.9. The molecule has 3 fully saturated rings. The number of hydrogen-bond acceptors (Lipinski definition) is 15. The summed E-state index contributed by atoms with van der Waals surface area (Å²) in [7, 11) is 0. The highest BCUT2D eigenvalue weighted by molar-refractivity contribution is 5.98. The van der Waals surface area contributed by atoms with E-state index in [1.807, 2.05) is 64.1 Å². The molecule has 3 saturated heterocycles. The van der Waals surface area contributed by atoms with Crippen molar-refractivity contribution in [3.8, 4) is 11.1 Å². The molecule has 1 spiro atoms. The van der Waals surface area contributed by atoms with Crippen LogP contribution < -0.4 is 37.6 Å². The third-order valence-corrected chi connectivity index (χ3v) is 17.8. The van der Waals surface area contributed by atoms with E-state index < -0.39 is 83.5 Å². The molecule has 3 heterocycles. The lowest BCUT2D eigenvalue weighted by molar-refractivity contribution is -0.144. The Morgan fingerprint density at radius 3 is 2.14 bits per heavy atom. The molecular formula is C72H97N7O15. The number of fused-ring (bicyclic) bond motifs is 3. The number of aliphatic hydroxyl groups excluding tert-OH is 1. The molecule has 3 aromatic carbocycles. The molecule has 0 aromatic heterocycles. The first kappa shape index (κ1) is 73.4. The van der Waals surface area contributed by atoms with Crippen LogP contribution >= 0.6 is 0 Å². The Kier molecular flexibility index (Phi) is 27.7. The maximum atomic E-state index is 14.1. The number of esters is 1. The van der Waals surface area contributed by atoms with E-state index in [9.17, 15) is 48.3 Å². The van der Waals surface area contributed by atoms with Gasteiger partial charge in [-0.3, -0.25) is 33.6 Å². The monoisotopic (exact) mass is 1300 g/mol. The van der Waals surface area contributed by atoms with Crippen LogP contribution in [0, 0.1) is 23.7 Å². The SMILES string of the molecule is CC(=O)N[C@@H](CCCCCC(=O)OCC1c2ccccc2-c2ccccc21)C(=O)N[C@H](C(=O)C[C@@H](CCCNC(N)=O)C(=O)Nc1ccc(COC(=O)NCC(=O)C[C@@H]2C[C@@]3(CO3)[C@H](O)[C@@H](/C=C/C(C)=C/C[C@@H]3O[C@H](C)[C@H](NC(=O)/C=C\C(C)C)C[C@@H]3C)O2)cc1)C(C)C. The Bertz CT molecular complexity index is 3170. The van der Waals surface area contributed by atoms with Gasteiger partial charge in [0, 0.05) is 56.7 Å². The van der Waals surface area contributed by atoms with Crippen molar-refractivity contribution in [3.63, 3.8) is 0 Å². The molecule has 0 radical (unpaired) electrons. The van der Waals surface area contributed by atoms with E-state index in [0.717, 1.165) is 34.2 Å². The fraction of sp³-hybridized carbons (Fsp3) is 0.542. The second-order valence-electron chi connectivity index (χ2n) is 26.2. The quantitative estimate of drug-likeness (QED) is 0.00914. The Hall–Kier alpha value is -8.05. The number of benzene rings is 3. The number of anilines is 1. The van der Waals surface area contributed by atoms with E-state index in [0.29, 0.717) is 56.4 Å². The van der Waals surface area contributed by atoms with Gasteiger partial charge in [-0.15, -0.1) is 0 Å². The lowest BCUT2D eigenvalue weighted by Crippen LogP contribution is -2.53. The van der Waals surface area contributed by atoms with Crippen LogP contribution in [0.15, 0.2) is 109 Å². The molecule has 94 heavy (non-hydrogen) atoms. The number of hydrogen-bond donors (Lipinski definition) is 8. The molecule has 11 atom stereocenters. The number of rotatable bonds is 34.